The van der Waals surface area contributed by atoms with Gasteiger partial charge in [-0.15, -0.1) is 0 Å². The van der Waals surface area contributed by atoms with Crippen LogP contribution in [0.2, 0.25) is 0 Å². The van der Waals surface area contributed by atoms with Gasteiger partial charge < -0.3 is 9.66 Å². The molecule has 0 aromatic heterocycles. The van der Waals surface area contributed by atoms with Crippen molar-refractivity contribution in [3.8, 4) is 0 Å². The number of aliphatic hydroxyl groups is 1. The van der Waals surface area contributed by atoms with Crippen LogP contribution in [0.4, 0.5) is 0 Å². The molecule has 0 spiro atoms. The van der Waals surface area contributed by atoms with Gasteiger partial charge in [0.15, 0.2) is 0 Å². The molecule has 0 aliphatic heterocycles. The maximum Gasteiger partial charge on any atom is 1.00 e. The summed E-state index contributed by atoms with van der Waals surface area (Å²) >= 11 is 0. The van der Waals surface area contributed by atoms with E-state index in [0.29, 0.717) is 12.8 Å². The van der Waals surface area contributed by atoms with Gasteiger partial charge in [0.25, 0.3) is 0 Å². The van der Waals surface area contributed by atoms with Crippen LogP contribution >= 0.6 is 0 Å². The number of rotatable bonds is 16. The second kappa shape index (κ2) is 17.3. The summed E-state index contributed by atoms with van der Waals surface area (Å²) in [6, 6.07) is 0. The molecule has 0 radical (unpaired) electrons. The van der Waals surface area contributed by atoms with E-state index in [4.69, 9.17) is 0 Å². The molecule has 140 valence electrons. The number of unbranched alkanes of at least 4 members (excludes halogenated alkanes) is 8. The summed E-state index contributed by atoms with van der Waals surface area (Å²) in [5.74, 6) is 0. The van der Waals surface area contributed by atoms with Gasteiger partial charge in [-0.3, -0.25) is 0 Å². The molecule has 0 aliphatic carbocycles. The zero-order chi connectivity index (χ0) is 17.6. The van der Waals surface area contributed by atoms with E-state index in [1.165, 1.54) is 19.3 Å². The van der Waals surface area contributed by atoms with Crippen LogP contribution in [0.1, 0.15) is 104 Å². The Morgan fingerprint density at radius 2 is 1.21 bits per heavy atom. The van der Waals surface area contributed by atoms with Crippen molar-refractivity contribution in [1.82, 2.24) is 0 Å². The van der Waals surface area contributed by atoms with Gasteiger partial charge in [-0.25, -0.2) is 8.42 Å². The zero-order valence-electron chi connectivity index (χ0n) is 16.1. The van der Waals surface area contributed by atoms with Crippen LogP contribution in [-0.2, 0) is 10.1 Å². The Hall–Kier alpha value is 0.870. The van der Waals surface area contributed by atoms with Gasteiger partial charge in [0.2, 0.25) is 0 Å². The predicted octanol–water partition coefficient (Wildman–Crippen LogP) is 1.77. The normalized spacial score (nSPS) is 14.2. The number of hydrogen-bond donors (Lipinski definition) is 1. The van der Waals surface area contributed by atoms with E-state index in [1.54, 1.807) is 6.92 Å². The quantitative estimate of drug-likeness (QED) is 0.254. The van der Waals surface area contributed by atoms with Crippen LogP contribution < -0.4 is 29.6 Å². The standard InChI is InChI=1S/C18H38O4S.Na/c1-3-5-6-11-14-17(19)15-12-9-7-8-10-13-16-18(4-2)23(20,21)22;/h17-19H,3-16H2,1-2H3,(H,20,21,22);/q;+1/p-1. The van der Waals surface area contributed by atoms with Gasteiger partial charge in [-0.1, -0.05) is 78.1 Å². The van der Waals surface area contributed by atoms with Gasteiger partial charge in [-0.2, -0.15) is 0 Å². The Balaban J connectivity index is 0. The summed E-state index contributed by atoms with van der Waals surface area (Å²) in [4.78, 5) is 0. The molecule has 0 heterocycles. The first-order valence-electron chi connectivity index (χ1n) is 9.54. The summed E-state index contributed by atoms with van der Waals surface area (Å²) in [5.41, 5.74) is 0. The Labute approximate surface area is 172 Å². The van der Waals surface area contributed by atoms with E-state index in [1.807, 2.05) is 0 Å². The second-order valence-corrected chi connectivity index (χ2v) is 8.38. The largest absolute Gasteiger partial charge is 1.00 e. The van der Waals surface area contributed by atoms with Gasteiger partial charge >= 0.3 is 29.6 Å². The molecule has 24 heavy (non-hydrogen) atoms. The summed E-state index contributed by atoms with van der Waals surface area (Å²) in [6.45, 7) is 3.95. The first kappa shape index (κ1) is 27.1. The van der Waals surface area contributed by atoms with Crippen LogP contribution in [-0.4, -0.2) is 29.4 Å². The van der Waals surface area contributed by atoms with E-state index in [2.05, 4.69) is 6.92 Å². The van der Waals surface area contributed by atoms with E-state index >= 15 is 0 Å². The van der Waals surface area contributed by atoms with Gasteiger partial charge in [0, 0.05) is 5.25 Å². The molecule has 6 heteroatoms. The van der Waals surface area contributed by atoms with Crippen molar-refractivity contribution in [2.45, 2.75) is 115 Å². The zero-order valence-corrected chi connectivity index (χ0v) is 19.0. The molecule has 2 unspecified atom stereocenters. The molecule has 0 fully saturated rings. The maximum absolute atomic E-state index is 11.0. The van der Waals surface area contributed by atoms with Crippen molar-refractivity contribution in [2.75, 3.05) is 0 Å². The SMILES string of the molecule is CCCCCCC(O)CCCCCCCCC(CC)S(=O)(=O)[O-].[Na+]. The molecule has 4 nitrogen and oxygen atoms in total. The average molecular weight is 373 g/mol. The molecule has 0 aromatic rings. The molecule has 0 aliphatic rings. The molecule has 0 amide bonds. The van der Waals surface area contributed by atoms with Gasteiger partial charge in [0.05, 0.1) is 16.2 Å². The van der Waals surface area contributed by atoms with E-state index in [9.17, 15) is 18.1 Å². The van der Waals surface area contributed by atoms with E-state index < -0.39 is 15.4 Å². The predicted molar refractivity (Wildman–Crippen MR) is 95.5 cm³/mol. The van der Waals surface area contributed by atoms with E-state index in [0.717, 1.165) is 57.8 Å². The Morgan fingerprint density at radius 3 is 1.62 bits per heavy atom. The van der Waals surface area contributed by atoms with Gasteiger partial charge in [0.1, 0.15) is 0 Å². The van der Waals surface area contributed by atoms with Crippen LogP contribution in [0, 0.1) is 0 Å². The van der Waals surface area contributed by atoms with Crippen molar-refractivity contribution in [3.63, 3.8) is 0 Å². The maximum atomic E-state index is 11.0. The monoisotopic (exact) mass is 372 g/mol. The van der Waals surface area contributed by atoms with Crippen molar-refractivity contribution >= 4 is 10.1 Å². The average Bonchev–Trinajstić information content (AvgIpc) is 2.48. The second-order valence-electron chi connectivity index (χ2n) is 6.72. The van der Waals surface area contributed by atoms with Crippen LogP contribution in [0.25, 0.3) is 0 Å². The van der Waals surface area contributed by atoms with Crippen molar-refractivity contribution in [3.05, 3.63) is 0 Å². The van der Waals surface area contributed by atoms with Crippen molar-refractivity contribution < 1.29 is 47.6 Å². The Morgan fingerprint density at radius 1 is 0.792 bits per heavy atom. The van der Waals surface area contributed by atoms with Crippen LogP contribution in [0.3, 0.4) is 0 Å². The molecule has 1 N–H and O–H groups in total. The van der Waals surface area contributed by atoms with Gasteiger partial charge in [-0.05, 0) is 25.7 Å². The molecular weight excluding hydrogens is 335 g/mol. The fourth-order valence-corrected chi connectivity index (χ4v) is 3.83. The minimum absolute atomic E-state index is 0. The fraction of sp³-hybridized carbons (Fsp3) is 1.00. The third-order valence-corrected chi connectivity index (χ3v) is 5.95. The summed E-state index contributed by atoms with van der Waals surface area (Å²) < 4.78 is 32.9. The molecule has 0 saturated heterocycles. The molecule has 0 aromatic carbocycles. The number of aliphatic hydroxyl groups excluding tert-OH is 1. The van der Waals surface area contributed by atoms with Crippen molar-refractivity contribution in [2.24, 2.45) is 0 Å². The topological polar surface area (TPSA) is 77.4 Å². The smallest absolute Gasteiger partial charge is 0.748 e. The Bertz CT molecular complexity index is 360. The third kappa shape index (κ3) is 16.3. The molecular formula is C18H37NaO4S. The first-order chi connectivity index (χ1) is 10.9. The molecule has 0 bridgehead atoms. The Kier molecular flexibility index (Phi) is 19.5. The molecule has 2 atom stereocenters. The third-order valence-electron chi connectivity index (χ3n) is 4.57. The van der Waals surface area contributed by atoms with E-state index in [-0.39, 0.29) is 35.7 Å². The first-order valence-corrected chi connectivity index (χ1v) is 11.0. The van der Waals surface area contributed by atoms with Crippen molar-refractivity contribution in [1.29, 1.82) is 0 Å². The summed E-state index contributed by atoms with van der Waals surface area (Å²) in [5, 5.41) is 9.16. The minimum Gasteiger partial charge on any atom is -0.748 e. The van der Waals surface area contributed by atoms with Crippen LogP contribution in [0.15, 0.2) is 0 Å². The van der Waals surface area contributed by atoms with Crippen LogP contribution in [0.5, 0.6) is 0 Å². The summed E-state index contributed by atoms with van der Waals surface area (Å²) in [7, 11) is -4.12. The number of hydrogen-bond acceptors (Lipinski definition) is 4. The molecule has 0 saturated carbocycles. The molecule has 0 rings (SSSR count). The summed E-state index contributed by atoms with van der Waals surface area (Å²) in [6.07, 6.45) is 13.7. The fourth-order valence-electron chi connectivity index (χ4n) is 2.96. The minimum atomic E-state index is -4.12.